The Morgan fingerprint density at radius 2 is 1.85 bits per heavy atom. The van der Waals surface area contributed by atoms with Gasteiger partial charge in [-0.3, -0.25) is 4.79 Å². The topological polar surface area (TPSA) is 78.3 Å². The number of benzene rings is 1. The van der Waals surface area contributed by atoms with Crippen LogP contribution in [0.4, 0.5) is 18.9 Å². The molecule has 0 atom stereocenters. The molecule has 1 N–H and O–H groups in total. The van der Waals surface area contributed by atoms with Gasteiger partial charge in [0, 0.05) is 31.4 Å². The van der Waals surface area contributed by atoms with Crippen LogP contribution >= 0.6 is 11.6 Å². The number of ether oxygens (including phenoxy) is 2. The van der Waals surface area contributed by atoms with E-state index in [9.17, 15) is 18.0 Å². The number of alkyl halides is 3. The normalized spacial score (nSPS) is 15.7. The van der Waals surface area contributed by atoms with Crippen molar-refractivity contribution in [2.24, 2.45) is 0 Å². The lowest BCUT2D eigenvalue weighted by molar-refractivity contribution is -0.137. The van der Waals surface area contributed by atoms with Crippen LogP contribution in [0.1, 0.15) is 24.0 Å². The molecule has 11 heteroatoms. The Balaban J connectivity index is 1.57. The first-order valence-electron chi connectivity index (χ1n) is 10.5. The number of methoxy groups -OCH3 is 1. The van der Waals surface area contributed by atoms with Crippen molar-refractivity contribution in [2.45, 2.75) is 24.4 Å². The van der Waals surface area contributed by atoms with E-state index < -0.39 is 17.3 Å². The van der Waals surface area contributed by atoms with E-state index >= 15 is 0 Å². The van der Waals surface area contributed by atoms with Gasteiger partial charge in [-0.1, -0.05) is 23.7 Å². The van der Waals surface area contributed by atoms with Crippen molar-refractivity contribution in [3.63, 3.8) is 0 Å². The highest BCUT2D eigenvalue weighted by atomic mass is 35.5. The van der Waals surface area contributed by atoms with Crippen molar-refractivity contribution in [3.8, 4) is 11.6 Å². The van der Waals surface area contributed by atoms with Gasteiger partial charge in [0.25, 0.3) is 5.56 Å². The van der Waals surface area contributed by atoms with Crippen molar-refractivity contribution in [1.82, 2.24) is 14.8 Å². The van der Waals surface area contributed by atoms with Crippen LogP contribution in [0.25, 0.3) is 5.82 Å². The van der Waals surface area contributed by atoms with Crippen LogP contribution in [0.2, 0.25) is 5.02 Å². The quantitative estimate of drug-likeness (QED) is 0.545. The number of rotatable bonds is 6. The van der Waals surface area contributed by atoms with E-state index in [-0.39, 0.29) is 16.3 Å². The molecule has 2 aromatic heterocycles. The van der Waals surface area contributed by atoms with Crippen molar-refractivity contribution in [2.75, 3.05) is 32.2 Å². The molecule has 0 unspecified atom stereocenters. The van der Waals surface area contributed by atoms with Crippen molar-refractivity contribution in [1.29, 1.82) is 0 Å². The molecule has 0 bridgehead atoms. The lowest BCUT2D eigenvalue weighted by Crippen LogP contribution is -2.40. The predicted octanol–water partition coefficient (Wildman–Crippen LogP) is 4.47. The minimum absolute atomic E-state index is 0.0643. The van der Waals surface area contributed by atoms with E-state index in [1.807, 2.05) is 24.3 Å². The maximum Gasteiger partial charge on any atom is 0.417 e. The summed E-state index contributed by atoms with van der Waals surface area (Å²) in [7, 11) is 1.61. The molecule has 0 spiro atoms. The summed E-state index contributed by atoms with van der Waals surface area (Å²) in [4.78, 5) is 16.5. The molecule has 1 aliphatic heterocycles. The average Bonchev–Trinajstić information content (AvgIpc) is 2.85. The van der Waals surface area contributed by atoms with E-state index in [1.165, 1.54) is 6.20 Å². The Bertz CT molecular complexity index is 1190. The second-order valence-electron chi connectivity index (χ2n) is 7.97. The molecule has 0 amide bonds. The second kappa shape index (κ2) is 9.63. The first-order chi connectivity index (χ1) is 16.2. The lowest BCUT2D eigenvalue weighted by Gasteiger charge is -2.38. The summed E-state index contributed by atoms with van der Waals surface area (Å²) < 4.78 is 50.0. The minimum atomic E-state index is -4.53. The van der Waals surface area contributed by atoms with Gasteiger partial charge in [0.05, 0.1) is 24.6 Å². The van der Waals surface area contributed by atoms with E-state index in [1.54, 1.807) is 7.11 Å². The molecule has 1 aromatic carbocycles. The Morgan fingerprint density at radius 3 is 2.44 bits per heavy atom. The molecule has 1 saturated heterocycles. The van der Waals surface area contributed by atoms with Crippen molar-refractivity contribution >= 4 is 17.3 Å². The fourth-order valence-electron chi connectivity index (χ4n) is 3.94. The van der Waals surface area contributed by atoms with Gasteiger partial charge in [0.2, 0.25) is 0 Å². The summed E-state index contributed by atoms with van der Waals surface area (Å²) in [6.07, 6.45) is -0.982. The maximum absolute atomic E-state index is 12.8. The summed E-state index contributed by atoms with van der Waals surface area (Å²) >= 11 is 6.32. The van der Waals surface area contributed by atoms with Crippen LogP contribution in [0.3, 0.4) is 0 Å². The van der Waals surface area contributed by atoms with Gasteiger partial charge < -0.3 is 14.8 Å². The molecule has 1 aliphatic rings. The third kappa shape index (κ3) is 4.88. The zero-order chi connectivity index (χ0) is 24.3. The van der Waals surface area contributed by atoms with E-state index in [2.05, 4.69) is 15.4 Å². The highest BCUT2D eigenvalue weighted by Gasteiger charge is 2.35. The third-order valence-electron chi connectivity index (χ3n) is 5.98. The molecule has 4 rings (SSSR count). The van der Waals surface area contributed by atoms with Crippen molar-refractivity contribution in [3.05, 3.63) is 75.3 Å². The van der Waals surface area contributed by atoms with E-state index in [0.717, 1.165) is 41.0 Å². The molecule has 0 radical (unpaired) electrons. The van der Waals surface area contributed by atoms with Crippen LogP contribution in [-0.4, -0.2) is 41.6 Å². The lowest BCUT2D eigenvalue weighted by atomic mass is 9.74. The average molecular weight is 495 g/mol. The number of nitrogens with zero attached hydrogens (tertiary/aromatic N) is 3. The third-order valence-corrected chi connectivity index (χ3v) is 6.35. The maximum atomic E-state index is 12.8. The van der Waals surface area contributed by atoms with Crippen LogP contribution in [0.5, 0.6) is 5.75 Å². The number of halogens is 4. The monoisotopic (exact) mass is 494 g/mol. The summed E-state index contributed by atoms with van der Waals surface area (Å²) in [6.45, 7) is 1.67. The van der Waals surface area contributed by atoms with Gasteiger partial charge in [-0.2, -0.15) is 23.0 Å². The standard InChI is InChI=1S/C23H22ClF3N4O3/c1-33-17-5-2-15(3-6-17)22(8-10-34-11-9-22)14-29-18-13-30-31(21(32)20(18)24)19-7-4-16(12-28-19)23(25,26)27/h2-7,12-13,29H,8-11,14H2,1H3. The first kappa shape index (κ1) is 24.0. The van der Waals surface area contributed by atoms with Gasteiger partial charge in [-0.15, -0.1) is 0 Å². The number of anilines is 1. The Hall–Kier alpha value is -3.11. The van der Waals surface area contributed by atoms with Gasteiger partial charge in [0.1, 0.15) is 10.8 Å². The zero-order valence-electron chi connectivity index (χ0n) is 18.2. The fourth-order valence-corrected chi connectivity index (χ4v) is 4.13. The number of nitrogens with one attached hydrogen (secondary N) is 1. The molecule has 3 heterocycles. The van der Waals surface area contributed by atoms with Crippen LogP contribution < -0.4 is 15.6 Å². The molecular weight excluding hydrogens is 473 g/mol. The number of pyridine rings is 1. The van der Waals surface area contributed by atoms with E-state index in [4.69, 9.17) is 21.1 Å². The van der Waals surface area contributed by atoms with Crippen molar-refractivity contribution < 1.29 is 22.6 Å². The number of hydrogen-bond donors (Lipinski definition) is 1. The molecule has 0 saturated carbocycles. The second-order valence-corrected chi connectivity index (χ2v) is 8.34. The van der Waals surface area contributed by atoms with Gasteiger partial charge in [-0.25, -0.2) is 4.98 Å². The predicted molar refractivity (Wildman–Crippen MR) is 121 cm³/mol. The summed E-state index contributed by atoms with van der Waals surface area (Å²) in [6, 6.07) is 9.74. The molecule has 34 heavy (non-hydrogen) atoms. The molecule has 3 aromatic rings. The zero-order valence-corrected chi connectivity index (χ0v) is 19.0. The Kier molecular flexibility index (Phi) is 6.81. The Labute approximate surface area is 198 Å². The molecule has 7 nitrogen and oxygen atoms in total. The minimum Gasteiger partial charge on any atom is -0.497 e. The fraction of sp³-hybridized carbons (Fsp3) is 0.348. The highest BCUT2D eigenvalue weighted by molar-refractivity contribution is 6.32. The SMILES string of the molecule is COc1ccc(C2(CNc3cnn(-c4ccc(C(F)(F)F)cn4)c(=O)c3Cl)CCOCC2)cc1. The van der Waals surface area contributed by atoms with E-state index in [0.29, 0.717) is 31.6 Å². The molecular formula is C23H22ClF3N4O3. The van der Waals surface area contributed by atoms with Gasteiger partial charge in [-0.05, 0) is 42.7 Å². The first-order valence-corrected chi connectivity index (χ1v) is 10.9. The Morgan fingerprint density at radius 1 is 1.15 bits per heavy atom. The molecule has 0 aliphatic carbocycles. The van der Waals surface area contributed by atoms with Crippen LogP contribution in [-0.2, 0) is 16.3 Å². The highest BCUT2D eigenvalue weighted by Crippen LogP contribution is 2.36. The number of aromatic nitrogens is 3. The molecule has 180 valence electrons. The van der Waals surface area contributed by atoms with Gasteiger partial charge >= 0.3 is 6.18 Å². The van der Waals surface area contributed by atoms with Crippen LogP contribution in [0.15, 0.2) is 53.6 Å². The van der Waals surface area contributed by atoms with Gasteiger partial charge in [0.15, 0.2) is 5.82 Å². The summed E-state index contributed by atoms with van der Waals surface area (Å²) in [5.41, 5.74) is -0.430. The molecule has 1 fully saturated rings. The number of hydrogen-bond acceptors (Lipinski definition) is 6. The van der Waals surface area contributed by atoms with Crippen LogP contribution in [0, 0.1) is 0 Å². The summed E-state index contributed by atoms with van der Waals surface area (Å²) in [5, 5.41) is 7.16. The summed E-state index contributed by atoms with van der Waals surface area (Å²) in [5.74, 6) is 0.692. The smallest absolute Gasteiger partial charge is 0.417 e. The largest absolute Gasteiger partial charge is 0.497 e.